The van der Waals surface area contributed by atoms with Gasteiger partial charge in [0.25, 0.3) is 0 Å². The number of carbonyl (C=O) groups excluding carboxylic acids is 3. The summed E-state index contributed by atoms with van der Waals surface area (Å²) in [5, 5.41) is 0.349. The third kappa shape index (κ3) is 4.22. The number of halogens is 1. The molecule has 9 heteroatoms. The molecule has 2 heterocycles. The zero-order chi connectivity index (χ0) is 27.5. The van der Waals surface area contributed by atoms with E-state index in [4.69, 9.17) is 11.6 Å². The van der Waals surface area contributed by atoms with Crippen LogP contribution in [0.25, 0.3) is 0 Å². The summed E-state index contributed by atoms with van der Waals surface area (Å²) in [6.45, 7) is 1.94. The smallest absolute Gasteiger partial charge is 0.243 e. The minimum absolute atomic E-state index is 0.0537. The summed E-state index contributed by atoms with van der Waals surface area (Å²) < 4.78 is 29.4. The highest BCUT2D eigenvalue weighted by Gasteiger charge is 2.63. The van der Waals surface area contributed by atoms with Gasteiger partial charge in [0.15, 0.2) is 0 Å². The first kappa shape index (κ1) is 25.9. The van der Waals surface area contributed by atoms with E-state index in [9.17, 15) is 22.8 Å². The molecule has 0 radical (unpaired) electrons. The van der Waals surface area contributed by atoms with Crippen molar-refractivity contribution in [2.75, 3.05) is 6.54 Å². The maximum absolute atomic E-state index is 14.0. The van der Waals surface area contributed by atoms with Gasteiger partial charge in [0.2, 0.25) is 21.8 Å². The van der Waals surface area contributed by atoms with Gasteiger partial charge in [0.1, 0.15) is 5.78 Å². The van der Waals surface area contributed by atoms with Gasteiger partial charge in [-0.2, -0.15) is 4.31 Å². The fraction of sp³-hybridized carbons (Fsp3) is 0.300. The van der Waals surface area contributed by atoms with E-state index in [0.717, 1.165) is 11.1 Å². The minimum Gasteiger partial charge on any atom is -0.299 e. The summed E-state index contributed by atoms with van der Waals surface area (Å²) in [7, 11) is -4.06. The third-order valence-electron chi connectivity index (χ3n) is 8.36. The van der Waals surface area contributed by atoms with E-state index < -0.39 is 39.7 Å². The number of imide groups is 1. The lowest BCUT2D eigenvalue weighted by Gasteiger charge is -2.34. The van der Waals surface area contributed by atoms with E-state index >= 15 is 0 Å². The fourth-order valence-electron chi connectivity index (χ4n) is 6.54. The molecule has 2 saturated heterocycles. The topological polar surface area (TPSA) is 91.8 Å². The van der Waals surface area contributed by atoms with E-state index in [1.807, 2.05) is 37.3 Å². The summed E-state index contributed by atoms with van der Waals surface area (Å²) in [5.74, 6) is -3.92. The molecule has 0 bridgehead atoms. The number of benzene rings is 3. The number of hydrogen-bond acceptors (Lipinski definition) is 5. The maximum Gasteiger partial charge on any atom is 0.243 e. The zero-order valence-electron chi connectivity index (χ0n) is 21.2. The van der Waals surface area contributed by atoms with Gasteiger partial charge in [-0.15, -0.1) is 0 Å². The molecule has 6 rings (SSSR count). The SMILES string of the molecule is Cc1ccc(S(=O)(=O)N2C[C@H]3[C@H]4C(=O)N(Cc5ccccc5)C(=O)[C@H]4CC(=O)[C@H]3[C@@H]2c2ccccc2Cl)cc1. The summed E-state index contributed by atoms with van der Waals surface area (Å²) >= 11 is 6.58. The van der Waals surface area contributed by atoms with Gasteiger partial charge < -0.3 is 0 Å². The molecule has 0 spiro atoms. The lowest BCUT2D eigenvalue weighted by molar-refractivity contribution is -0.141. The summed E-state index contributed by atoms with van der Waals surface area (Å²) in [5.41, 5.74) is 2.25. The van der Waals surface area contributed by atoms with Crippen molar-refractivity contribution in [1.29, 1.82) is 0 Å². The molecule has 0 aromatic heterocycles. The molecule has 3 aliphatic rings. The van der Waals surface area contributed by atoms with Gasteiger partial charge in [-0.05, 0) is 42.2 Å². The first-order valence-electron chi connectivity index (χ1n) is 12.9. The van der Waals surface area contributed by atoms with Gasteiger partial charge in [-0.1, -0.05) is 77.8 Å². The van der Waals surface area contributed by atoms with Gasteiger partial charge in [-0.3, -0.25) is 19.3 Å². The third-order valence-corrected chi connectivity index (χ3v) is 10.6. The fourth-order valence-corrected chi connectivity index (χ4v) is 8.45. The molecule has 7 nitrogen and oxygen atoms in total. The highest BCUT2D eigenvalue weighted by molar-refractivity contribution is 7.89. The van der Waals surface area contributed by atoms with Gasteiger partial charge in [0, 0.05) is 23.9 Å². The maximum atomic E-state index is 14.0. The van der Waals surface area contributed by atoms with Crippen molar-refractivity contribution in [3.63, 3.8) is 0 Å². The number of Topliss-reactive ketones (excluding diaryl/α,β-unsaturated/α-hetero) is 1. The number of aryl methyl sites for hydroxylation is 1. The van der Waals surface area contributed by atoms with Crippen LogP contribution in [0.5, 0.6) is 0 Å². The number of carbonyl (C=O) groups is 3. The van der Waals surface area contributed by atoms with Crippen molar-refractivity contribution in [3.05, 3.63) is 101 Å². The Bertz CT molecular complexity index is 1570. The van der Waals surface area contributed by atoms with Crippen LogP contribution >= 0.6 is 11.6 Å². The monoisotopic (exact) mass is 562 g/mol. The van der Waals surface area contributed by atoms with E-state index in [-0.39, 0.29) is 42.0 Å². The Labute approximate surface area is 232 Å². The van der Waals surface area contributed by atoms with Gasteiger partial charge >= 0.3 is 0 Å². The molecule has 1 aliphatic carbocycles. The van der Waals surface area contributed by atoms with Crippen molar-refractivity contribution in [2.24, 2.45) is 23.7 Å². The first-order chi connectivity index (χ1) is 18.7. The summed E-state index contributed by atoms with van der Waals surface area (Å²) in [6, 6.07) is 21.8. The molecule has 3 fully saturated rings. The molecule has 200 valence electrons. The van der Waals surface area contributed by atoms with Crippen molar-refractivity contribution < 1.29 is 22.8 Å². The quantitative estimate of drug-likeness (QED) is 0.430. The lowest BCUT2D eigenvalue weighted by atomic mass is 9.66. The highest BCUT2D eigenvalue weighted by atomic mass is 35.5. The second kappa shape index (κ2) is 9.70. The summed E-state index contributed by atoms with van der Waals surface area (Å²) in [6.07, 6.45) is -0.0962. The Hall–Kier alpha value is -3.33. The number of nitrogens with zero attached hydrogens (tertiary/aromatic N) is 2. The standard InChI is InChI=1S/C30H27ClN2O5S/c1-18-11-13-20(14-12-18)39(37,38)33-17-23-26-22(29(35)32(30(26)36)16-19-7-3-2-4-8-19)15-25(34)27(23)28(33)21-9-5-6-10-24(21)31/h2-14,22-23,26-28H,15-17H2,1H3/t22-,23-,26-,27-,28-/m0/s1. The number of ketones is 1. The average molecular weight is 563 g/mol. The molecule has 0 unspecified atom stereocenters. The molecule has 2 amide bonds. The normalized spacial score (nSPS) is 27.1. The predicted octanol–water partition coefficient (Wildman–Crippen LogP) is 4.40. The van der Waals surface area contributed by atoms with Crippen molar-refractivity contribution in [3.8, 4) is 0 Å². The second-order valence-electron chi connectivity index (χ2n) is 10.6. The van der Waals surface area contributed by atoms with Crippen LogP contribution < -0.4 is 0 Å². The number of fused-ring (bicyclic) bond motifs is 3. The molecule has 0 N–H and O–H groups in total. The number of amides is 2. The van der Waals surface area contributed by atoms with Gasteiger partial charge in [-0.25, -0.2) is 8.42 Å². The van der Waals surface area contributed by atoms with Crippen LogP contribution in [-0.4, -0.2) is 41.8 Å². The van der Waals surface area contributed by atoms with E-state index in [1.165, 1.54) is 9.21 Å². The predicted molar refractivity (Wildman–Crippen MR) is 145 cm³/mol. The molecular formula is C30H27ClN2O5S. The Morgan fingerprint density at radius 1 is 0.846 bits per heavy atom. The van der Waals surface area contributed by atoms with Crippen LogP contribution in [0.2, 0.25) is 5.02 Å². The Balaban J connectivity index is 1.43. The molecule has 5 atom stereocenters. The Kier molecular flexibility index (Phi) is 6.44. The van der Waals surface area contributed by atoms with Crippen molar-refractivity contribution in [1.82, 2.24) is 9.21 Å². The Morgan fingerprint density at radius 2 is 1.51 bits per heavy atom. The van der Waals surface area contributed by atoms with E-state index in [0.29, 0.717) is 10.6 Å². The van der Waals surface area contributed by atoms with Crippen LogP contribution in [0.4, 0.5) is 0 Å². The molecule has 1 saturated carbocycles. The number of sulfonamides is 1. The lowest BCUT2D eigenvalue weighted by Crippen LogP contribution is -2.42. The molecule has 2 aliphatic heterocycles. The second-order valence-corrected chi connectivity index (χ2v) is 12.9. The molecule has 3 aromatic rings. The summed E-state index contributed by atoms with van der Waals surface area (Å²) in [4.78, 5) is 42.3. The molecule has 39 heavy (non-hydrogen) atoms. The zero-order valence-corrected chi connectivity index (χ0v) is 22.8. The number of hydrogen-bond donors (Lipinski definition) is 0. The number of rotatable bonds is 5. The highest BCUT2D eigenvalue weighted by Crippen LogP contribution is 2.55. The van der Waals surface area contributed by atoms with Crippen molar-refractivity contribution >= 4 is 39.2 Å². The van der Waals surface area contributed by atoms with Gasteiger partial charge in [0.05, 0.1) is 29.3 Å². The molecular weight excluding hydrogens is 536 g/mol. The minimum atomic E-state index is -4.06. The first-order valence-corrected chi connectivity index (χ1v) is 14.7. The Morgan fingerprint density at radius 3 is 2.21 bits per heavy atom. The van der Waals surface area contributed by atoms with Crippen LogP contribution in [0, 0.1) is 30.6 Å². The van der Waals surface area contributed by atoms with Crippen LogP contribution in [0.1, 0.15) is 29.2 Å². The average Bonchev–Trinajstić information content (AvgIpc) is 3.43. The number of likely N-dealkylation sites (tertiary alicyclic amines) is 1. The van der Waals surface area contributed by atoms with E-state index in [2.05, 4.69) is 0 Å². The molecule has 3 aromatic carbocycles. The largest absolute Gasteiger partial charge is 0.299 e. The van der Waals surface area contributed by atoms with Crippen molar-refractivity contribution in [2.45, 2.75) is 30.8 Å². The van der Waals surface area contributed by atoms with Crippen LogP contribution in [0.3, 0.4) is 0 Å². The van der Waals surface area contributed by atoms with E-state index in [1.54, 1.807) is 48.5 Å². The van der Waals surface area contributed by atoms with Crippen LogP contribution in [0.15, 0.2) is 83.8 Å². The van der Waals surface area contributed by atoms with Crippen LogP contribution in [-0.2, 0) is 31.0 Å².